The quantitative estimate of drug-likeness (QED) is 0.798. The molecular formula is C18H18ClN2O3-. The van der Waals surface area contributed by atoms with Gasteiger partial charge < -0.3 is 20.5 Å². The number of urea groups is 1. The number of carbonyl (C=O) groups excluding carboxylic acids is 2. The van der Waals surface area contributed by atoms with Crippen LogP contribution in [0.5, 0.6) is 0 Å². The molecule has 0 bridgehead atoms. The number of nitrogens with one attached hydrogen (secondary N) is 2. The molecule has 0 radical (unpaired) electrons. The Labute approximate surface area is 145 Å². The number of aliphatic carboxylic acids is 1. The zero-order valence-electron chi connectivity index (χ0n) is 13.0. The molecule has 2 N–H and O–H groups in total. The molecule has 0 aliphatic rings. The summed E-state index contributed by atoms with van der Waals surface area (Å²) in [5.74, 6) is -1.31. The van der Waals surface area contributed by atoms with Gasteiger partial charge in [0.25, 0.3) is 0 Å². The first-order valence-corrected chi connectivity index (χ1v) is 7.96. The van der Waals surface area contributed by atoms with Gasteiger partial charge in [-0.15, -0.1) is 0 Å². The Morgan fingerprint density at radius 1 is 1.00 bits per heavy atom. The second kappa shape index (κ2) is 8.93. The molecule has 0 saturated carbocycles. The van der Waals surface area contributed by atoms with Gasteiger partial charge >= 0.3 is 6.03 Å². The molecule has 2 amide bonds. The fourth-order valence-electron chi connectivity index (χ4n) is 2.22. The van der Waals surface area contributed by atoms with Crippen molar-refractivity contribution >= 4 is 23.6 Å². The lowest BCUT2D eigenvalue weighted by atomic mass is 10.1. The van der Waals surface area contributed by atoms with Crippen LogP contribution in [0.15, 0.2) is 54.6 Å². The zero-order valence-corrected chi connectivity index (χ0v) is 13.8. The molecule has 2 aromatic rings. The third kappa shape index (κ3) is 5.93. The average Bonchev–Trinajstić information content (AvgIpc) is 2.57. The molecule has 0 spiro atoms. The van der Waals surface area contributed by atoms with Crippen molar-refractivity contribution in [2.24, 2.45) is 0 Å². The van der Waals surface area contributed by atoms with Crippen LogP contribution in [0, 0.1) is 0 Å². The Morgan fingerprint density at radius 2 is 1.67 bits per heavy atom. The molecule has 0 aliphatic carbocycles. The van der Waals surface area contributed by atoms with Crippen molar-refractivity contribution in [2.45, 2.75) is 18.9 Å². The van der Waals surface area contributed by atoms with E-state index in [9.17, 15) is 14.7 Å². The number of carbonyl (C=O) groups is 2. The van der Waals surface area contributed by atoms with E-state index in [-0.39, 0.29) is 6.42 Å². The van der Waals surface area contributed by atoms with Crippen LogP contribution in [0.25, 0.3) is 0 Å². The molecule has 6 heteroatoms. The van der Waals surface area contributed by atoms with E-state index in [0.29, 0.717) is 18.0 Å². The van der Waals surface area contributed by atoms with E-state index < -0.39 is 18.0 Å². The van der Waals surface area contributed by atoms with E-state index in [2.05, 4.69) is 10.6 Å². The summed E-state index contributed by atoms with van der Waals surface area (Å²) in [6.45, 7) is 0.387. The summed E-state index contributed by atoms with van der Waals surface area (Å²) in [6.07, 6.45) is 0.799. The van der Waals surface area contributed by atoms with Gasteiger partial charge in [-0.3, -0.25) is 0 Å². The molecule has 0 heterocycles. The van der Waals surface area contributed by atoms with Crippen LogP contribution in [0.1, 0.15) is 11.1 Å². The van der Waals surface area contributed by atoms with Crippen LogP contribution in [-0.4, -0.2) is 24.6 Å². The summed E-state index contributed by atoms with van der Waals surface area (Å²) in [5.41, 5.74) is 1.84. The molecule has 0 fully saturated rings. The first-order chi connectivity index (χ1) is 11.5. The van der Waals surface area contributed by atoms with Gasteiger partial charge in [-0.05, 0) is 36.1 Å². The Morgan fingerprint density at radius 3 is 2.29 bits per heavy atom. The van der Waals surface area contributed by atoms with E-state index in [1.807, 2.05) is 30.3 Å². The van der Waals surface area contributed by atoms with E-state index in [0.717, 1.165) is 11.1 Å². The second-order valence-electron chi connectivity index (χ2n) is 5.34. The van der Waals surface area contributed by atoms with Gasteiger partial charge in [0.2, 0.25) is 0 Å². The fourth-order valence-corrected chi connectivity index (χ4v) is 2.35. The number of benzene rings is 2. The monoisotopic (exact) mass is 345 g/mol. The van der Waals surface area contributed by atoms with Crippen molar-refractivity contribution in [2.75, 3.05) is 6.54 Å². The van der Waals surface area contributed by atoms with Crippen LogP contribution < -0.4 is 15.7 Å². The van der Waals surface area contributed by atoms with Crippen molar-refractivity contribution in [3.63, 3.8) is 0 Å². The Hall–Kier alpha value is -2.53. The van der Waals surface area contributed by atoms with E-state index >= 15 is 0 Å². The highest BCUT2D eigenvalue weighted by molar-refractivity contribution is 6.30. The summed E-state index contributed by atoms with van der Waals surface area (Å²) in [7, 11) is 0. The minimum Gasteiger partial charge on any atom is -0.548 e. The molecule has 0 aromatic heterocycles. The molecular weight excluding hydrogens is 328 g/mol. The van der Waals surface area contributed by atoms with Gasteiger partial charge in [-0.2, -0.15) is 0 Å². The number of halogens is 1. The average molecular weight is 346 g/mol. The van der Waals surface area contributed by atoms with Gasteiger partial charge in [0.15, 0.2) is 0 Å². The molecule has 0 aliphatic heterocycles. The highest BCUT2D eigenvalue weighted by atomic mass is 35.5. The minimum atomic E-state index is -1.31. The van der Waals surface area contributed by atoms with Gasteiger partial charge in [0, 0.05) is 11.6 Å². The highest BCUT2D eigenvalue weighted by Gasteiger charge is 2.13. The summed E-state index contributed by atoms with van der Waals surface area (Å²) >= 11 is 5.81. The number of carboxylic acids is 1. The second-order valence-corrected chi connectivity index (χ2v) is 5.77. The lowest BCUT2D eigenvalue weighted by Gasteiger charge is -2.20. The van der Waals surface area contributed by atoms with Crippen molar-refractivity contribution in [3.8, 4) is 0 Å². The first-order valence-electron chi connectivity index (χ1n) is 7.58. The first kappa shape index (κ1) is 17.8. The molecule has 1 atom stereocenters. The third-order valence-corrected chi connectivity index (χ3v) is 3.74. The molecule has 5 nitrogen and oxygen atoms in total. The summed E-state index contributed by atoms with van der Waals surface area (Å²) in [4.78, 5) is 23.1. The van der Waals surface area contributed by atoms with Crippen molar-refractivity contribution in [1.29, 1.82) is 0 Å². The lowest BCUT2D eigenvalue weighted by molar-refractivity contribution is -0.308. The number of carboxylic acid groups (broad SMARTS) is 1. The van der Waals surface area contributed by atoms with Crippen LogP contribution in [0.3, 0.4) is 0 Å². The maximum absolute atomic E-state index is 11.9. The predicted molar refractivity (Wildman–Crippen MR) is 90.6 cm³/mol. The van der Waals surface area contributed by atoms with Crippen molar-refractivity contribution in [3.05, 3.63) is 70.7 Å². The lowest BCUT2D eigenvalue weighted by Crippen LogP contribution is -2.52. The molecule has 0 saturated heterocycles. The molecule has 2 aromatic carbocycles. The van der Waals surface area contributed by atoms with Gasteiger partial charge in [-0.25, -0.2) is 4.79 Å². The Kier molecular flexibility index (Phi) is 6.63. The third-order valence-electron chi connectivity index (χ3n) is 3.48. The highest BCUT2D eigenvalue weighted by Crippen LogP contribution is 2.09. The maximum Gasteiger partial charge on any atom is 0.315 e. The molecule has 0 unspecified atom stereocenters. The Bertz CT molecular complexity index is 674. The molecule has 24 heavy (non-hydrogen) atoms. The predicted octanol–water partition coefficient (Wildman–Crippen LogP) is 1.54. The summed E-state index contributed by atoms with van der Waals surface area (Å²) in [5, 5.41) is 16.9. The SMILES string of the molecule is O=C(NCCc1ccc(Cl)cc1)N[C@@H](Cc1ccccc1)C(=O)[O-]. The normalized spacial score (nSPS) is 11.5. The zero-order chi connectivity index (χ0) is 17.4. The largest absolute Gasteiger partial charge is 0.548 e. The molecule has 126 valence electrons. The fraction of sp³-hybridized carbons (Fsp3) is 0.222. The van der Waals surface area contributed by atoms with Crippen molar-refractivity contribution < 1.29 is 14.7 Å². The maximum atomic E-state index is 11.9. The number of hydrogen-bond donors (Lipinski definition) is 2. The van der Waals surface area contributed by atoms with Crippen molar-refractivity contribution in [1.82, 2.24) is 10.6 Å². The topological polar surface area (TPSA) is 81.3 Å². The van der Waals surface area contributed by atoms with Crippen LogP contribution in [-0.2, 0) is 17.6 Å². The number of rotatable bonds is 7. The van der Waals surface area contributed by atoms with Crippen LogP contribution >= 0.6 is 11.6 Å². The summed E-state index contributed by atoms with van der Waals surface area (Å²) in [6, 6.07) is 14.8. The van der Waals surface area contributed by atoms with Crippen LogP contribution in [0.2, 0.25) is 5.02 Å². The summed E-state index contributed by atoms with van der Waals surface area (Å²) < 4.78 is 0. The van der Waals surface area contributed by atoms with Gasteiger partial charge in [0.1, 0.15) is 0 Å². The van der Waals surface area contributed by atoms with Gasteiger partial charge in [0.05, 0.1) is 12.0 Å². The van der Waals surface area contributed by atoms with Gasteiger partial charge in [-0.1, -0.05) is 54.1 Å². The number of amides is 2. The van der Waals surface area contributed by atoms with E-state index in [1.54, 1.807) is 24.3 Å². The standard InChI is InChI=1S/C18H19ClN2O3/c19-15-8-6-13(7-9-15)10-11-20-18(24)21-16(17(22)23)12-14-4-2-1-3-5-14/h1-9,16H,10-12H2,(H,22,23)(H2,20,21,24)/p-1/t16-/m0/s1. The smallest absolute Gasteiger partial charge is 0.315 e. The minimum absolute atomic E-state index is 0.174. The molecule has 2 rings (SSSR count). The van der Waals surface area contributed by atoms with Crippen LogP contribution in [0.4, 0.5) is 4.79 Å². The van der Waals surface area contributed by atoms with E-state index in [4.69, 9.17) is 11.6 Å². The number of hydrogen-bond acceptors (Lipinski definition) is 3. The Balaban J connectivity index is 1.80. The van der Waals surface area contributed by atoms with E-state index in [1.165, 1.54) is 0 Å².